The van der Waals surface area contributed by atoms with E-state index in [4.69, 9.17) is 10.5 Å². The Morgan fingerprint density at radius 3 is 2.91 bits per heavy atom. The van der Waals surface area contributed by atoms with Gasteiger partial charge in [-0.1, -0.05) is 12.1 Å². The number of thiol groups is 1. The van der Waals surface area contributed by atoms with E-state index in [1.54, 1.807) is 0 Å². The van der Waals surface area contributed by atoms with Crippen LogP contribution in [-0.2, 0) is 4.74 Å². The summed E-state index contributed by atoms with van der Waals surface area (Å²) in [7, 11) is 0. The highest BCUT2D eigenvalue weighted by Crippen LogP contribution is 2.47. The van der Waals surface area contributed by atoms with Crippen molar-refractivity contribution in [3.05, 3.63) is 29.1 Å². The van der Waals surface area contributed by atoms with Crippen LogP contribution in [0, 0.1) is 0 Å². The lowest BCUT2D eigenvalue weighted by atomic mass is 10.2. The molecule has 0 atom stereocenters. The number of esters is 1. The summed E-state index contributed by atoms with van der Waals surface area (Å²) in [5.74, 6) is -0.160. The molecule has 5 nitrogen and oxygen atoms in total. The molecule has 3 heterocycles. The minimum absolute atomic E-state index is 0.00141. The molecule has 1 aliphatic rings. The fraction of sp³-hybridized carbons (Fsp3) is 0.0714. The van der Waals surface area contributed by atoms with E-state index in [1.165, 1.54) is 22.7 Å². The third-order valence-electron chi connectivity index (χ3n) is 3.16. The molecule has 8 heteroatoms. The van der Waals surface area contributed by atoms with Crippen LogP contribution >= 0.6 is 35.3 Å². The highest BCUT2D eigenvalue weighted by atomic mass is 32.2. The highest BCUT2D eigenvalue weighted by molar-refractivity contribution is 7.83. The second-order valence-electron chi connectivity index (χ2n) is 4.63. The van der Waals surface area contributed by atoms with Crippen molar-refractivity contribution in [1.82, 2.24) is 4.98 Å². The molecule has 1 aromatic carbocycles. The highest BCUT2D eigenvalue weighted by Gasteiger charge is 2.27. The van der Waals surface area contributed by atoms with Crippen LogP contribution in [-0.4, -0.2) is 23.4 Å². The van der Waals surface area contributed by atoms with E-state index in [1.807, 2.05) is 24.3 Å². The Morgan fingerprint density at radius 2 is 2.09 bits per heavy atom. The molecule has 1 aliphatic heterocycles. The number of carbonyl (C=O) groups excluding carboxylic acids is 1. The van der Waals surface area contributed by atoms with Crippen LogP contribution < -0.4 is 5.73 Å². The summed E-state index contributed by atoms with van der Waals surface area (Å²) in [4.78, 5) is 21.4. The fourth-order valence-corrected chi connectivity index (χ4v) is 4.73. The van der Waals surface area contributed by atoms with Gasteiger partial charge in [-0.15, -0.1) is 35.3 Å². The molecule has 0 unspecified atom stereocenters. The first-order chi connectivity index (χ1) is 10.6. The number of rotatable bonds is 1. The van der Waals surface area contributed by atoms with Gasteiger partial charge in [-0.25, -0.2) is 14.8 Å². The summed E-state index contributed by atoms with van der Waals surface area (Å²) in [5, 5.41) is 0.773. The van der Waals surface area contributed by atoms with Gasteiger partial charge in [-0.3, -0.25) is 0 Å². The van der Waals surface area contributed by atoms with E-state index in [0.717, 1.165) is 20.8 Å². The Morgan fingerprint density at radius 1 is 1.27 bits per heavy atom. The molecular formula is C14H9N3O2S3. The Kier molecular flexibility index (Phi) is 3.17. The maximum Gasteiger partial charge on any atom is 0.351 e. The lowest BCUT2D eigenvalue weighted by Gasteiger charge is -1.98. The smallest absolute Gasteiger partial charge is 0.351 e. The van der Waals surface area contributed by atoms with E-state index < -0.39 is 5.97 Å². The van der Waals surface area contributed by atoms with Crippen molar-refractivity contribution in [2.45, 2.75) is 4.21 Å². The van der Waals surface area contributed by atoms with Crippen molar-refractivity contribution in [1.29, 1.82) is 0 Å². The molecule has 0 spiro atoms. The van der Waals surface area contributed by atoms with Crippen LogP contribution in [0.2, 0.25) is 0 Å². The minimum atomic E-state index is -0.424. The molecule has 0 saturated heterocycles. The molecule has 2 N–H and O–H groups in total. The largest absolute Gasteiger partial charge is 0.453 e. The fourth-order valence-electron chi connectivity index (χ4n) is 2.21. The maximum absolute atomic E-state index is 12.0. The second-order valence-corrected chi connectivity index (χ2v) is 7.43. The number of nitrogens with two attached hydrogens (primary N) is 1. The number of ether oxygens (including phenoxy) is 1. The number of cyclic esters (lactones) is 1. The average molecular weight is 347 g/mol. The number of benzene rings is 1. The predicted molar refractivity (Wildman–Crippen MR) is 91.7 cm³/mol. The standard InChI is InChI=1S/C14H9N3O2S3/c15-8-5-19-13(18)11-10(17-8)9(14(20)22-11)12-16-6-3-1-2-4-7(6)21-12/h1-4,20H,5H2,(H2,15,17). The van der Waals surface area contributed by atoms with Crippen LogP contribution in [0.3, 0.4) is 0 Å². The van der Waals surface area contributed by atoms with Crippen LogP contribution in [0.4, 0.5) is 5.69 Å². The third-order valence-corrected chi connectivity index (χ3v) is 5.68. The van der Waals surface area contributed by atoms with E-state index in [-0.39, 0.29) is 12.4 Å². The van der Waals surface area contributed by atoms with Gasteiger partial charge in [0.15, 0.2) is 0 Å². The Balaban J connectivity index is 1.99. The van der Waals surface area contributed by atoms with E-state index >= 15 is 0 Å². The summed E-state index contributed by atoms with van der Waals surface area (Å²) >= 11 is 7.26. The topological polar surface area (TPSA) is 77.6 Å². The summed E-state index contributed by atoms with van der Waals surface area (Å²) in [6, 6.07) is 7.86. The molecule has 0 aliphatic carbocycles. The van der Waals surface area contributed by atoms with Crippen molar-refractivity contribution >= 4 is 63.0 Å². The number of nitrogens with zero attached hydrogens (tertiary/aromatic N) is 2. The number of amidine groups is 1. The zero-order valence-electron chi connectivity index (χ0n) is 11.1. The summed E-state index contributed by atoms with van der Waals surface area (Å²) in [6.45, 7) is 0.00141. The van der Waals surface area contributed by atoms with E-state index in [9.17, 15) is 4.79 Å². The molecule has 22 heavy (non-hydrogen) atoms. The molecule has 0 bridgehead atoms. The first-order valence-electron chi connectivity index (χ1n) is 6.35. The van der Waals surface area contributed by atoms with Gasteiger partial charge in [0, 0.05) is 0 Å². The first kappa shape index (κ1) is 13.7. The third kappa shape index (κ3) is 2.11. The molecule has 2 aromatic heterocycles. The van der Waals surface area contributed by atoms with Crippen molar-refractivity contribution in [2.24, 2.45) is 10.7 Å². The Hall–Kier alpha value is -1.90. The van der Waals surface area contributed by atoms with Crippen LogP contribution in [0.1, 0.15) is 9.67 Å². The number of carbonyl (C=O) groups is 1. The molecule has 0 radical (unpaired) electrons. The van der Waals surface area contributed by atoms with Crippen molar-refractivity contribution in [3.63, 3.8) is 0 Å². The molecule has 0 fully saturated rings. The van der Waals surface area contributed by atoms with Crippen molar-refractivity contribution in [2.75, 3.05) is 6.61 Å². The average Bonchev–Trinajstić information content (AvgIpc) is 3.01. The van der Waals surface area contributed by atoms with Crippen LogP contribution in [0.25, 0.3) is 20.8 Å². The number of fused-ring (bicyclic) bond motifs is 2. The molecule has 3 aromatic rings. The monoisotopic (exact) mass is 347 g/mol. The first-order valence-corrected chi connectivity index (χ1v) is 8.43. The number of thiophene rings is 1. The van der Waals surface area contributed by atoms with Gasteiger partial charge in [-0.05, 0) is 12.1 Å². The summed E-state index contributed by atoms with van der Waals surface area (Å²) in [6.07, 6.45) is 0. The van der Waals surface area contributed by atoms with Gasteiger partial charge in [0.25, 0.3) is 0 Å². The summed E-state index contributed by atoms with van der Waals surface area (Å²) in [5.41, 5.74) is 7.93. The van der Waals surface area contributed by atoms with Gasteiger partial charge in [0.2, 0.25) is 0 Å². The van der Waals surface area contributed by atoms with Crippen LogP contribution in [0.15, 0.2) is 33.5 Å². The zero-order chi connectivity index (χ0) is 15.3. The van der Waals surface area contributed by atoms with Crippen molar-refractivity contribution < 1.29 is 9.53 Å². The predicted octanol–water partition coefficient (Wildman–Crippen LogP) is 3.47. The van der Waals surface area contributed by atoms with Crippen LogP contribution in [0.5, 0.6) is 0 Å². The van der Waals surface area contributed by atoms with E-state index in [0.29, 0.717) is 14.8 Å². The molecule has 4 rings (SSSR count). The molecule has 110 valence electrons. The molecular weight excluding hydrogens is 338 g/mol. The van der Waals surface area contributed by atoms with Gasteiger partial charge in [-0.2, -0.15) is 0 Å². The zero-order valence-corrected chi connectivity index (χ0v) is 13.6. The van der Waals surface area contributed by atoms with Gasteiger partial charge in [0.1, 0.15) is 28.0 Å². The maximum atomic E-state index is 12.0. The van der Waals surface area contributed by atoms with Crippen molar-refractivity contribution in [3.8, 4) is 10.6 Å². The minimum Gasteiger partial charge on any atom is -0.453 e. The normalized spacial score (nSPS) is 14.4. The van der Waals surface area contributed by atoms with Gasteiger partial charge in [0.05, 0.1) is 20.0 Å². The number of hydrogen-bond acceptors (Lipinski definition) is 8. The Labute approximate surface area is 138 Å². The van der Waals surface area contributed by atoms with Gasteiger partial charge >= 0.3 is 5.97 Å². The number of para-hydroxylation sites is 1. The lowest BCUT2D eigenvalue weighted by molar-refractivity contribution is 0.0572. The second kappa shape index (κ2) is 5.08. The number of hydrogen-bond donors (Lipinski definition) is 2. The molecule has 0 amide bonds. The number of thiazole rings is 1. The lowest BCUT2D eigenvalue weighted by Crippen LogP contribution is -2.18. The number of aliphatic imine (C=N–C) groups is 1. The summed E-state index contributed by atoms with van der Waals surface area (Å²) < 4.78 is 6.82. The number of aromatic nitrogens is 1. The van der Waals surface area contributed by atoms with Gasteiger partial charge < -0.3 is 10.5 Å². The molecule has 0 saturated carbocycles. The Bertz CT molecular complexity index is 909. The quantitative estimate of drug-likeness (QED) is 0.522. The SMILES string of the molecule is NC1=Nc2c(sc(S)c2-c2nc3ccccc3s2)C(=O)OC1. The van der Waals surface area contributed by atoms with E-state index in [2.05, 4.69) is 22.6 Å².